The largest absolute Gasteiger partial charge is 0.347 e. The maximum absolute atomic E-state index is 13.3. The summed E-state index contributed by atoms with van der Waals surface area (Å²) in [4.78, 5) is 22.0. The minimum atomic E-state index is -0.256. The van der Waals surface area contributed by atoms with E-state index in [1.165, 1.54) is 23.1 Å². The number of halogens is 1. The first-order chi connectivity index (χ1) is 17.0. The molecule has 1 atom stereocenters. The zero-order valence-electron chi connectivity index (χ0n) is 20.2. The number of amides is 1. The molecule has 1 fully saturated rings. The van der Waals surface area contributed by atoms with Crippen molar-refractivity contribution in [2.75, 3.05) is 20.6 Å². The van der Waals surface area contributed by atoms with Crippen LogP contribution in [0.4, 0.5) is 4.39 Å². The molecule has 7 nitrogen and oxygen atoms in total. The summed E-state index contributed by atoms with van der Waals surface area (Å²) in [6.07, 6.45) is 4.96. The van der Waals surface area contributed by atoms with Gasteiger partial charge in [-0.1, -0.05) is 30.3 Å². The lowest BCUT2D eigenvalue weighted by molar-refractivity contribution is -0.132. The molecule has 1 amide bonds. The van der Waals surface area contributed by atoms with Gasteiger partial charge >= 0.3 is 0 Å². The second-order valence-corrected chi connectivity index (χ2v) is 9.54. The summed E-state index contributed by atoms with van der Waals surface area (Å²) in [7, 11) is 4.13. The van der Waals surface area contributed by atoms with Gasteiger partial charge in [-0.15, -0.1) is 0 Å². The van der Waals surface area contributed by atoms with Gasteiger partial charge in [0.25, 0.3) is 0 Å². The number of benzene rings is 2. The van der Waals surface area contributed by atoms with Crippen LogP contribution < -0.4 is 0 Å². The van der Waals surface area contributed by atoms with Gasteiger partial charge in [0.1, 0.15) is 11.6 Å². The molecule has 3 heterocycles. The summed E-state index contributed by atoms with van der Waals surface area (Å²) in [6, 6.07) is 14.7. The molecule has 0 bridgehead atoms. The van der Waals surface area contributed by atoms with Crippen LogP contribution in [0.3, 0.4) is 0 Å². The van der Waals surface area contributed by atoms with Crippen molar-refractivity contribution in [2.45, 2.75) is 44.8 Å². The highest BCUT2D eigenvalue weighted by Crippen LogP contribution is 2.31. The molecule has 182 valence electrons. The highest BCUT2D eigenvalue weighted by atomic mass is 19.1. The summed E-state index contributed by atoms with van der Waals surface area (Å²) < 4.78 is 15.4. The standard InChI is InChI=1S/C27H31FN6O/c1-32(2)17-20-18-33(23-7-4-3-6-22(20)23)15-13-26(35)34-14-5-8-24(34)27-29-25(30-31-27)16-19-9-11-21(28)12-10-19/h3-4,6-7,9-12,18,24H,5,8,13-17H2,1-2H3,(H,29,30,31). The normalized spacial score (nSPS) is 16.0. The van der Waals surface area contributed by atoms with Crippen molar-refractivity contribution in [3.05, 3.63) is 83.3 Å². The van der Waals surface area contributed by atoms with Crippen molar-refractivity contribution in [2.24, 2.45) is 0 Å². The number of aromatic nitrogens is 4. The number of rotatable bonds is 8. The fourth-order valence-corrected chi connectivity index (χ4v) is 5.00. The highest BCUT2D eigenvalue weighted by Gasteiger charge is 2.32. The molecule has 8 heteroatoms. The molecule has 2 aromatic carbocycles. The fraction of sp³-hybridized carbons (Fsp3) is 0.370. The van der Waals surface area contributed by atoms with Crippen LogP contribution in [0.25, 0.3) is 10.9 Å². The van der Waals surface area contributed by atoms with Crippen LogP contribution in [0.5, 0.6) is 0 Å². The minimum absolute atomic E-state index is 0.105. The van der Waals surface area contributed by atoms with E-state index in [0.717, 1.165) is 42.8 Å². The number of carbonyl (C=O) groups is 1. The van der Waals surface area contributed by atoms with Gasteiger partial charge in [-0.05, 0) is 56.3 Å². The van der Waals surface area contributed by atoms with E-state index < -0.39 is 0 Å². The average molecular weight is 475 g/mol. The van der Waals surface area contributed by atoms with Crippen LogP contribution in [-0.2, 0) is 24.3 Å². The van der Waals surface area contributed by atoms with Gasteiger partial charge in [-0.2, -0.15) is 5.10 Å². The number of fused-ring (bicyclic) bond motifs is 1. The van der Waals surface area contributed by atoms with Gasteiger partial charge in [0.05, 0.1) is 6.04 Å². The maximum atomic E-state index is 13.3. The van der Waals surface area contributed by atoms with Crippen molar-refractivity contribution in [3.63, 3.8) is 0 Å². The van der Waals surface area contributed by atoms with Crippen LogP contribution >= 0.6 is 0 Å². The van der Waals surface area contributed by atoms with E-state index in [-0.39, 0.29) is 17.8 Å². The molecule has 1 N–H and O–H groups in total. The number of hydrogen-bond acceptors (Lipinski definition) is 4. The molecule has 2 aromatic heterocycles. The smallest absolute Gasteiger partial charge is 0.224 e. The second kappa shape index (κ2) is 10.00. The number of aromatic amines is 1. The van der Waals surface area contributed by atoms with Crippen LogP contribution in [0.2, 0.25) is 0 Å². The molecule has 5 rings (SSSR count). The van der Waals surface area contributed by atoms with Crippen LogP contribution in [0.15, 0.2) is 54.7 Å². The first kappa shape index (κ1) is 23.2. The molecule has 0 saturated carbocycles. The van der Waals surface area contributed by atoms with E-state index in [4.69, 9.17) is 0 Å². The Bertz CT molecular complexity index is 1310. The zero-order valence-corrected chi connectivity index (χ0v) is 20.2. The monoisotopic (exact) mass is 474 g/mol. The quantitative estimate of drug-likeness (QED) is 0.413. The zero-order chi connectivity index (χ0) is 24.4. The van der Waals surface area contributed by atoms with Crippen LogP contribution in [0.1, 0.15) is 48.1 Å². The van der Waals surface area contributed by atoms with E-state index in [1.54, 1.807) is 12.1 Å². The van der Waals surface area contributed by atoms with Crippen LogP contribution in [0, 0.1) is 5.82 Å². The van der Waals surface area contributed by atoms with Gasteiger partial charge in [0.2, 0.25) is 5.91 Å². The third-order valence-electron chi connectivity index (χ3n) is 6.63. The summed E-state index contributed by atoms with van der Waals surface area (Å²) >= 11 is 0. The Balaban J connectivity index is 1.26. The van der Waals surface area contributed by atoms with E-state index >= 15 is 0 Å². The summed E-state index contributed by atoms with van der Waals surface area (Å²) in [6.45, 7) is 2.23. The highest BCUT2D eigenvalue weighted by molar-refractivity contribution is 5.84. The molecule has 0 radical (unpaired) electrons. The number of likely N-dealkylation sites (tertiary alicyclic amines) is 1. The third-order valence-corrected chi connectivity index (χ3v) is 6.63. The molecule has 1 aliphatic rings. The van der Waals surface area contributed by atoms with Gasteiger partial charge in [0.15, 0.2) is 5.82 Å². The number of hydrogen-bond donors (Lipinski definition) is 1. The van der Waals surface area contributed by atoms with Crippen molar-refractivity contribution >= 4 is 16.8 Å². The van der Waals surface area contributed by atoms with Gasteiger partial charge in [0, 0.05) is 49.6 Å². The Morgan fingerprint density at radius 1 is 1.17 bits per heavy atom. The molecule has 0 aliphatic carbocycles. The van der Waals surface area contributed by atoms with E-state index in [1.807, 2.05) is 11.0 Å². The number of carbonyl (C=O) groups excluding carboxylic acids is 1. The molecular weight excluding hydrogens is 443 g/mol. The van der Waals surface area contributed by atoms with Crippen molar-refractivity contribution in [3.8, 4) is 0 Å². The Labute approximate surface area is 204 Å². The van der Waals surface area contributed by atoms with Crippen molar-refractivity contribution in [1.29, 1.82) is 0 Å². The number of aryl methyl sites for hydroxylation is 1. The third kappa shape index (κ3) is 5.12. The number of nitrogens with one attached hydrogen (secondary N) is 1. The van der Waals surface area contributed by atoms with Crippen LogP contribution in [-0.4, -0.2) is 56.1 Å². The predicted molar refractivity (Wildman–Crippen MR) is 133 cm³/mol. The average Bonchev–Trinajstić information content (AvgIpc) is 3.58. The van der Waals surface area contributed by atoms with Crippen molar-refractivity contribution in [1.82, 2.24) is 29.5 Å². The lowest BCUT2D eigenvalue weighted by Crippen LogP contribution is -2.31. The molecular formula is C27H31FN6O. The number of nitrogens with zero attached hydrogens (tertiary/aromatic N) is 5. The summed E-state index contributed by atoms with van der Waals surface area (Å²) in [5.41, 5.74) is 3.39. The lowest BCUT2D eigenvalue weighted by atomic mass is 10.1. The molecule has 1 aliphatic heterocycles. The molecule has 1 saturated heterocycles. The Kier molecular flexibility index (Phi) is 6.63. The molecule has 0 spiro atoms. The number of H-pyrrole nitrogens is 1. The fourth-order valence-electron chi connectivity index (χ4n) is 5.00. The SMILES string of the molecule is CN(C)Cc1cn(CCC(=O)N2CCCC2c2n[nH]c(Cc3ccc(F)cc3)n2)c2ccccc12. The van der Waals surface area contributed by atoms with E-state index in [9.17, 15) is 9.18 Å². The maximum Gasteiger partial charge on any atom is 0.224 e. The molecule has 4 aromatic rings. The predicted octanol–water partition coefficient (Wildman–Crippen LogP) is 4.30. The minimum Gasteiger partial charge on any atom is -0.347 e. The number of para-hydroxylation sites is 1. The van der Waals surface area contributed by atoms with Crippen molar-refractivity contribution < 1.29 is 9.18 Å². The Hall–Kier alpha value is -3.52. The first-order valence-corrected chi connectivity index (χ1v) is 12.1. The van der Waals surface area contributed by atoms with E-state index in [2.05, 4.69) is 63.1 Å². The molecule has 35 heavy (non-hydrogen) atoms. The van der Waals surface area contributed by atoms with Gasteiger partial charge in [-0.3, -0.25) is 9.89 Å². The molecule has 1 unspecified atom stereocenters. The Morgan fingerprint density at radius 2 is 1.97 bits per heavy atom. The summed E-state index contributed by atoms with van der Waals surface area (Å²) in [5.74, 6) is 1.25. The van der Waals surface area contributed by atoms with Gasteiger partial charge in [-0.25, -0.2) is 9.37 Å². The van der Waals surface area contributed by atoms with E-state index in [0.29, 0.717) is 25.2 Å². The van der Waals surface area contributed by atoms with Gasteiger partial charge < -0.3 is 14.4 Å². The lowest BCUT2D eigenvalue weighted by Gasteiger charge is -2.22. The second-order valence-electron chi connectivity index (χ2n) is 9.54. The first-order valence-electron chi connectivity index (χ1n) is 12.1. The summed E-state index contributed by atoms with van der Waals surface area (Å²) in [5, 5.41) is 8.66. The topological polar surface area (TPSA) is 70.1 Å². The Morgan fingerprint density at radius 3 is 2.77 bits per heavy atom.